The summed E-state index contributed by atoms with van der Waals surface area (Å²) in [6, 6.07) is 6.07. The van der Waals surface area contributed by atoms with Crippen LogP contribution in [0.5, 0.6) is 0 Å². The van der Waals surface area contributed by atoms with E-state index < -0.39 is 0 Å². The summed E-state index contributed by atoms with van der Waals surface area (Å²) in [6.07, 6.45) is 10.9. The minimum absolute atomic E-state index is 0.0556. The molecule has 8 heteroatoms. The number of nitrogen functional groups attached to an aromatic ring is 1. The van der Waals surface area contributed by atoms with E-state index in [2.05, 4.69) is 47.2 Å². The van der Waals surface area contributed by atoms with Crippen molar-refractivity contribution in [2.24, 2.45) is 0 Å². The van der Waals surface area contributed by atoms with Crippen LogP contribution in [0.25, 0.3) is 27.7 Å². The Morgan fingerprint density at radius 1 is 1.28 bits per heavy atom. The van der Waals surface area contributed by atoms with Crippen LogP contribution < -0.4 is 11.1 Å². The third-order valence-electron chi connectivity index (χ3n) is 6.16. The van der Waals surface area contributed by atoms with Gasteiger partial charge in [0.1, 0.15) is 5.82 Å². The number of nitrogens with one attached hydrogen (secondary N) is 1. The van der Waals surface area contributed by atoms with E-state index in [-0.39, 0.29) is 23.5 Å². The van der Waals surface area contributed by atoms with Crippen molar-refractivity contribution in [3.8, 4) is 11.1 Å². The number of anilines is 1. The van der Waals surface area contributed by atoms with Crippen LogP contribution in [0.3, 0.4) is 0 Å². The molecule has 1 fully saturated rings. The van der Waals surface area contributed by atoms with Gasteiger partial charge < -0.3 is 20.4 Å². The molecule has 8 nitrogen and oxygen atoms in total. The number of ether oxygens (including phenoxy) is 1. The quantitative estimate of drug-likeness (QED) is 0.372. The molecule has 0 bridgehead atoms. The predicted octanol–water partition coefficient (Wildman–Crippen LogP) is 4.64. The lowest BCUT2D eigenvalue weighted by molar-refractivity contribution is -0.117. The molecular formula is C28H34N6O2. The molecule has 4 rings (SSSR count). The van der Waals surface area contributed by atoms with Crippen molar-refractivity contribution in [1.82, 2.24) is 24.8 Å². The topological polar surface area (TPSA) is 108 Å². The van der Waals surface area contributed by atoms with Gasteiger partial charge in [0.2, 0.25) is 5.95 Å². The zero-order chi connectivity index (χ0) is 25.9. The van der Waals surface area contributed by atoms with Crippen LogP contribution in [0.4, 0.5) is 5.95 Å². The molecule has 1 aliphatic rings. The molecule has 1 atom stereocenters. The Bertz CT molecular complexity index is 1320. The number of hydrogen-bond acceptors (Lipinski definition) is 6. The van der Waals surface area contributed by atoms with E-state index in [1.54, 1.807) is 18.5 Å². The number of amides is 1. The summed E-state index contributed by atoms with van der Waals surface area (Å²) in [4.78, 5) is 26.5. The number of rotatable bonds is 7. The van der Waals surface area contributed by atoms with Gasteiger partial charge in [0.05, 0.1) is 17.1 Å². The fourth-order valence-electron chi connectivity index (χ4n) is 4.49. The average molecular weight is 487 g/mol. The summed E-state index contributed by atoms with van der Waals surface area (Å²) in [5.74, 6) is 0.735. The normalized spacial score (nSPS) is 16.9. The highest BCUT2D eigenvalue weighted by Gasteiger charge is 2.26. The second-order valence-corrected chi connectivity index (χ2v) is 9.85. The molecule has 0 radical (unpaired) electrons. The van der Waals surface area contributed by atoms with Crippen molar-refractivity contribution in [3.05, 3.63) is 66.8 Å². The zero-order valence-electron chi connectivity index (χ0n) is 21.4. The smallest absolute Gasteiger partial charge is 0.252 e. The van der Waals surface area contributed by atoms with Gasteiger partial charge in [0, 0.05) is 47.8 Å². The Balaban J connectivity index is 1.83. The monoisotopic (exact) mass is 486 g/mol. The largest absolute Gasteiger partial charge is 0.376 e. The second kappa shape index (κ2) is 10.5. The molecular weight excluding hydrogens is 452 g/mol. The first-order chi connectivity index (χ1) is 17.2. The molecule has 0 saturated carbocycles. The molecule has 3 N–H and O–H groups in total. The first-order valence-corrected chi connectivity index (χ1v) is 12.2. The third-order valence-corrected chi connectivity index (χ3v) is 6.16. The lowest BCUT2D eigenvalue weighted by atomic mass is 10.0. The number of nitrogens with zero attached hydrogens (tertiary/aromatic N) is 4. The Hall–Kier alpha value is -3.78. The predicted molar refractivity (Wildman–Crippen MR) is 144 cm³/mol. The molecule has 0 spiro atoms. The number of nitrogens with two attached hydrogens (primary N) is 1. The number of carbonyl (C=O) groups is 1. The van der Waals surface area contributed by atoms with Gasteiger partial charge in [0.15, 0.2) is 0 Å². The van der Waals surface area contributed by atoms with Crippen molar-refractivity contribution in [1.29, 1.82) is 0 Å². The molecule has 188 valence electrons. The van der Waals surface area contributed by atoms with Crippen LogP contribution in [0, 0.1) is 0 Å². The summed E-state index contributed by atoms with van der Waals surface area (Å²) >= 11 is 0. The summed E-state index contributed by atoms with van der Waals surface area (Å²) in [6.45, 7) is 13.5. The number of fused-ring (bicyclic) bond motifs is 1. The lowest BCUT2D eigenvalue weighted by Crippen LogP contribution is -2.33. The molecule has 3 heterocycles. The van der Waals surface area contributed by atoms with Gasteiger partial charge in [-0.1, -0.05) is 30.9 Å². The highest BCUT2D eigenvalue weighted by atomic mass is 16.5. The highest BCUT2D eigenvalue weighted by Crippen LogP contribution is 2.33. The van der Waals surface area contributed by atoms with Gasteiger partial charge in [0.25, 0.3) is 5.91 Å². The molecule has 1 aromatic carbocycles. The number of carbonyl (C=O) groups excluding carboxylic acids is 1. The Morgan fingerprint density at radius 2 is 2.03 bits per heavy atom. The summed E-state index contributed by atoms with van der Waals surface area (Å²) in [7, 11) is 0. The molecule has 1 unspecified atom stereocenters. The first kappa shape index (κ1) is 25.3. The lowest BCUT2D eigenvalue weighted by Gasteiger charge is -2.25. The van der Waals surface area contributed by atoms with Crippen molar-refractivity contribution in [2.45, 2.75) is 52.2 Å². The molecule has 3 aromatic rings. The van der Waals surface area contributed by atoms with E-state index in [9.17, 15) is 4.79 Å². The molecule has 0 aliphatic carbocycles. The zero-order valence-corrected chi connectivity index (χ0v) is 21.4. The van der Waals surface area contributed by atoms with E-state index in [1.165, 1.54) is 0 Å². The van der Waals surface area contributed by atoms with Gasteiger partial charge in [-0.25, -0.2) is 15.0 Å². The Morgan fingerprint density at radius 3 is 2.64 bits per heavy atom. The van der Waals surface area contributed by atoms with Crippen molar-refractivity contribution >= 4 is 28.5 Å². The first-order valence-electron chi connectivity index (χ1n) is 12.2. The Labute approximate surface area is 212 Å². The van der Waals surface area contributed by atoms with Crippen LogP contribution >= 0.6 is 0 Å². The van der Waals surface area contributed by atoms with Crippen LogP contribution in [0.1, 0.15) is 46.4 Å². The minimum atomic E-state index is -0.302. The van der Waals surface area contributed by atoms with Crippen LogP contribution in [0.15, 0.2) is 61.0 Å². The maximum Gasteiger partial charge on any atom is 0.252 e. The minimum Gasteiger partial charge on any atom is -0.376 e. The van der Waals surface area contributed by atoms with E-state index in [0.29, 0.717) is 23.5 Å². The van der Waals surface area contributed by atoms with Gasteiger partial charge in [-0.3, -0.25) is 4.79 Å². The molecule has 2 aromatic heterocycles. The Kier molecular flexibility index (Phi) is 7.35. The number of allylic oxidation sites excluding steroid dienone is 3. The van der Waals surface area contributed by atoms with Crippen LogP contribution in [-0.2, 0) is 15.1 Å². The van der Waals surface area contributed by atoms with Crippen molar-refractivity contribution in [3.63, 3.8) is 0 Å². The van der Waals surface area contributed by atoms with Crippen molar-refractivity contribution in [2.75, 3.05) is 18.9 Å². The number of hydrogen-bond donors (Lipinski definition) is 2. The van der Waals surface area contributed by atoms with E-state index >= 15 is 0 Å². The van der Waals surface area contributed by atoms with E-state index in [1.807, 2.05) is 37.3 Å². The molecule has 1 aliphatic heterocycles. The van der Waals surface area contributed by atoms with Crippen LogP contribution in [-0.4, -0.2) is 44.7 Å². The molecule has 36 heavy (non-hydrogen) atoms. The molecule has 1 amide bonds. The summed E-state index contributed by atoms with van der Waals surface area (Å²) < 4.78 is 7.83. The number of imidazole rings is 1. The summed E-state index contributed by atoms with van der Waals surface area (Å²) in [5, 5.41) is 3.02. The SMILES string of the molecule is C=C/C(C(=O)NCC1CCCO1)=C(\C=C/C)c1nc2cc(-c3cnc(N)nc3)ccc2n1C(C)(C)C. The number of aromatic nitrogens is 4. The average Bonchev–Trinajstić information content (AvgIpc) is 3.50. The van der Waals surface area contributed by atoms with Gasteiger partial charge in [-0.05, 0) is 58.2 Å². The fourth-order valence-corrected chi connectivity index (χ4v) is 4.49. The van der Waals surface area contributed by atoms with Crippen molar-refractivity contribution < 1.29 is 9.53 Å². The van der Waals surface area contributed by atoms with Gasteiger partial charge >= 0.3 is 0 Å². The maximum absolute atomic E-state index is 13.3. The maximum atomic E-state index is 13.3. The van der Waals surface area contributed by atoms with E-state index in [0.717, 1.165) is 41.6 Å². The highest BCUT2D eigenvalue weighted by molar-refractivity contribution is 6.05. The van der Waals surface area contributed by atoms with Gasteiger partial charge in [-0.2, -0.15) is 0 Å². The van der Waals surface area contributed by atoms with E-state index in [4.69, 9.17) is 15.5 Å². The number of benzene rings is 1. The standard InChI is InChI=1S/C28H34N6O2/c1-6-9-22(21(7-2)26(35)30-17-20-10-8-13-36-20)25-33-23-14-18(19-15-31-27(29)32-16-19)11-12-24(23)34(25)28(3,4)5/h6-7,9,11-12,14-16,20H,2,8,10,13,17H2,1,3-5H3,(H,30,35)(H2,29,31,32)/b9-6-,22-21-. The summed E-state index contributed by atoms with van der Waals surface area (Å²) in [5.41, 5.74) is 10.1. The molecule has 1 saturated heterocycles. The third kappa shape index (κ3) is 5.23. The second-order valence-electron chi connectivity index (χ2n) is 9.85. The fraction of sp³-hybridized carbons (Fsp3) is 0.357. The van der Waals surface area contributed by atoms with Gasteiger partial charge in [-0.15, -0.1) is 0 Å². The van der Waals surface area contributed by atoms with Crippen LogP contribution in [0.2, 0.25) is 0 Å².